The van der Waals surface area contributed by atoms with Crippen LogP contribution in [-0.4, -0.2) is 12.1 Å². The molecular weight excluding hydrogens is 291 g/mol. The summed E-state index contributed by atoms with van der Waals surface area (Å²) in [4.78, 5) is 3.16. The van der Waals surface area contributed by atoms with E-state index in [1.165, 1.54) is 6.07 Å². The minimum atomic E-state index is -0.307. The lowest BCUT2D eigenvalue weighted by Crippen LogP contribution is -2.01. The van der Waals surface area contributed by atoms with E-state index in [1.54, 1.807) is 19.2 Å². The molecule has 3 nitrogen and oxygen atoms in total. The van der Waals surface area contributed by atoms with E-state index in [1.807, 2.05) is 24.4 Å². The molecule has 1 heterocycles. The highest BCUT2D eigenvalue weighted by Crippen LogP contribution is 2.25. The maximum Gasteiger partial charge on any atom is 0.146 e. The average molecular weight is 305 g/mol. The number of anilines is 1. The molecule has 1 aromatic heterocycles. The van der Waals surface area contributed by atoms with Crippen molar-refractivity contribution in [3.8, 4) is 5.75 Å². The van der Waals surface area contributed by atoms with Gasteiger partial charge in [0.05, 0.1) is 12.8 Å². The van der Waals surface area contributed by atoms with Crippen LogP contribution in [0, 0.1) is 5.82 Å². The van der Waals surface area contributed by atoms with Crippen molar-refractivity contribution in [3.63, 3.8) is 0 Å². The number of hydrogen-bond acceptors (Lipinski definition) is 2. The molecule has 2 N–H and O–H groups in total. The van der Waals surface area contributed by atoms with Crippen molar-refractivity contribution in [2.24, 2.45) is 0 Å². The maximum atomic E-state index is 13.8. The quantitative estimate of drug-likeness (QED) is 0.740. The van der Waals surface area contributed by atoms with E-state index in [9.17, 15) is 4.39 Å². The highest BCUT2D eigenvalue weighted by atomic mass is 35.5. The Morgan fingerprint density at radius 1 is 1.24 bits per heavy atom. The number of aromatic amines is 1. The normalized spacial score (nSPS) is 10.8. The molecule has 0 saturated heterocycles. The zero-order valence-electron chi connectivity index (χ0n) is 11.4. The summed E-state index contributed by atoms with van der Waals surface area (Å²) < 4.78 is 18.9. The summed E-state index contributed by atoms with van der Waals surface area (Å²) in [5, 5.41) is 4.84. The first-order valence-corrected chi connectivity index (χ1v) is 6.88. The van der Waals surface area contributed by atoms with Crippen molar-refractivity contribution >= 4 is 28.2 Å². The van der Waals surface area contributed by atoms with Crippen LogP contribution in [-0.2, 0) is 6.54 Å². The Labute approximate surface area is 126 Å². The molecule has 0 radical (unpaired) electrons. The van der Waals surface area contributed by atoms with Gasteiger partial charge in [0, 0.05) is 34.7 Å². The van der Waals surface area contributed by atoms with Gasteiger partial charge in [0.15, 0.2) is 0 Å². The molecule has 0 fully saturated rings. The molecular formula is C16H14ClFN2O. The Morgan fingerprint density at radius 2 is 2.10 bits per heavy atom. The van der Waals surface area contributed by atoms with Crippen LogP contribution in [0.15, 0.2) is 42.6 Å². The van der Waals surface area contributed by atoms with Crippen LogP contribution in [0.5, 0.6) is 5.75 Å². The van der Waals surface area contributed by atoms with Crippen molar-refractivity contribution in [2.45, 2.75) is 6.54 Å². The second-order valence-corrected chi connectivity index (χ2v) is 5.14. The lowest BCUT2D eigenvalue weighted by molar-refractivity contribution is 0.414. The third-order valence-corrected chi connectivity index (χ3v) is 3.61. The van der Waals surface area contributed by atoms with Gasteiger partial charge >= 0.3 is 0 Å². The number of nitrogens with one attached hydrogen (secondary N) is 2. The van der Waals surface area contributed by atoms with Gasteiger partial charge in [-0.2, -0.15) is 0 Å². The van der Waals surface area contributed by atoms with Gasteiger partial charge in [-0.3, -0.25) is 0 Å². The Bertz CT molecular complexity index is 785. The van der Waals surface area contributed by atoms with E-state index >= 15 is 0 Å². The molecule has 108 valence electrons. The van der Waals surface area contributed by atoms with Gasteiger partial charge in [-0.15, -0.1) is 0 Å². The van der Waals surface area contributed by atoms with Crippen LogP contribution in [0.2, 0.25) is 5.02 Å². The van der Waals surface area contributed by atoms with E-state index < -0.39 is 0 Å². The summed E-state index contributed by atoms with van der Waals surface area (Å²) in [7, 11) is 1.56. The summed E-state index contributed by atoms with van der Waals surface area (Å²) in [6.07, 6.45) is 1.89. The maximum absolute atomic E-state index is 13.8. The first kappa shape index (κ1) is 13.8. The third-order valence-electron chi connectivity index (χ3n) is 3.37. The van der Waals surface area contributed by atoms with Crippen LogP contribution in [0.1, 0.15) is 5.56 Å². The first-order chi connectivity index (χ1) is 10.2. The second kappa shape index (κ2) is 5.66. The standard InChI is InChI=1S/C16H14ClFN2O/c1-21-12-3-5-14(18)16(7-12)20-9-10-8-19-15-6-11(17)2-4-13(10)15/h2-8,19-20H,9H2,1H3. The van der Waals surface area contributed by atoms with Crippen LogP contribution in [0.25, 0.3) is 10.9 Å². The first-order valence-electron chi connectivity index (χ1n) is 6.50. The van der Waals surface area contributed by atoms with Gasteiger partial charge in [0.1, 0.15) is 11.6 Å². The molecule has 0 atom stereocenters. The number of ether oxygens (including phenoxy) is 1. The van der Waals surface area contributed by atoms with Crippen molar-refractivity contribution in [3.05, 3.63) is 59.0 Å². The van der Waals surface area contributed by atoms with Crippen LogP contribution < -0.4 is 10.1 Å². The Balaban J connectivity index is 1.83. The van der Waals surface area contributed by atoms with Gasteiger partial charge in [0.2, 0.25) is 0 Å². The monoisotopic (exact) mass is 304 g/mol. The van der Waals surface area contributed by atoms with Gasteiger partial charge in [-0.05, 0) is 29.8 Å². The molecule has 3 rings (SSSR count). The minimum Gasteiger partial charge on any atom is -0.497 e. The second-order valence-electron chi connectivity index (χ2n) is 4.70. The van der Waals surface area contributed by atoms with Gasteiger partial charge < -0.3 is 15.0 Å². The SMILES string of the molecule is COc1ccc(F)c(NCc2c[nH]c3cc(Cl)ccc23)c1. The fraction of sp³-hybridized carbons (Fsp3) is 0.125. The van der Waals surface area contributed by atoms with E-state index in [4.69, 9.17) is 16.3 Å². The van der Waals surface area contributed by atoms with Crippen molar-refractivity contribution in [1.82, 2.24) is 4.98 Å². The number of halogens is 2. The highest BCUT2D eigenvalue weighted by molar-refractivity contribution is 6.31. The molecule has 3 aromatic rings. The third kappa shape index (κ3) is 2.81. The molecule has 2 aromatic carbocycles. The zero-order chi connectivity index (χ0) is 14.8. The Kier molecular flexibility index (Phi) is 3.71. The number of fused-ring (bicyclic) bond motifs is 1. The van der Waals surface area contributed by atoms with Gasteiger partial charge in [0.25, 0.3) is 0 Å². The number of methoxy groups -OCH3 is 1. The van der Waals surface area contributed by atoms with Crippen molar-refractivity contribution in [1.29, 1.82) is 0 Å². The molecule has 0 spiro atoms. The molecule has 0 bridgehead atoms. The lowest BCUT2D eigenvalue weighted by Gasteiger charge is -2.09. The molecule has 0 unspecified atom stereocenters. The molecule has 0 aliphatic rings. The van der Waals surface area contributed by atoms with Crippen molar-refractivity contribution in [2.75, 3.05) is 12.4 Å². The summed E-state index contributed by atoms with van der Waals surface area (Å²) in [5.41, 5.74) is 2.42. The minimum absolute atomic E-state index is 0.307. The molecule has 0 aliphatic carbocycles. The van der Waals surface area contributed by atoms with Crippen LogP contribution in [0.4, 0.5) is 10.1 Å². The lowest BCUT2D eigenvalue weighted by atomic mass is 10.1. The van der Waals surface area contributed by atoms with E-state index in [0.29, 0.717) is 23.0 Å². The Hall–Kier alpha value is -2.20. The van der Waals surface area contributed by atoms with Crippen molar-refractivity contribution < 1.29 is 9.13 Å². The highest BCUT2D eigenvalue weighted by Gasteiger charge is 2.07. The number of benzene rings is 2. The van der Waals surface area contributed by atoms with Gasteiger partial charge in [-0.25, -0.2) is 4.39 Å². The van der Waals surface area contributed by atoms with E-state index in [0.717, 1.165) is 16.5 Å². The topological polar surface area (TPSA) is 37.0 Å². The van der Waals surface area contributed by atoms with Gasteiger partial charge in [-0.1, -0.05) is 17.7 Å². The summed E-state index contributed by atoms with van der Waals surface area (Å²) in [5.74, 6) is 0.309. The predicted molar refractivity (Wildman–Crippen MR) is 83.6 cm³/mol. The fourth-order valence-corrected chi connectivity index (χ4v) is 2.43. The average Bonchev–Trinajstić information content (AvgIpc) is 2.88. The summed E-state index contributed by atoms with van der Waals surface area (Å²) >= 11 is 5.96. The van der Waals surface area contributed by atoms with E-state index in [-0.39, 0.29) is 5.82 Å². The largest absolute Gasteiger partial charge is 0.497 e. The number of aromatic nitrogens is 1. The zero-order valence-corrected chi connectivity index (χ0v) is 12.2. The number of rotatable bonds is 4. The Morgan fingerprint density at radius 3 is 2.90 bits per heavy atom. The molecule has 0 amide bonds. The molecule has 0 aliphatic heterocycles. The fourth-order valence-electron chi connectivity index (χ4n) is 2.26. The number of hydrogen-bond donors (Lipinski definition) is 2. The number of H-pyrrole nitrogens is 1. The van der Waals surface area contributed by atoms with Crippen LogP contribution >= 0.6 is 11.6 Å². The van der Waals surface area contributed by atoms with Crippen LogP contribution in [0.3, 0.4) is 0 Å². The van der Waals surface area contributed by atoms with E-state index in [2.05, 4.69) is 10.3 Å². The smallest absolute Gasteiger partial charge is 0.146 e. The summed E-state index contributed by atoms with van der Waals surface area (Å²) in [6.45, 7) is 0.506. The molecule has 5 heteroatoms. The molecule has 0 saturated carbocycles. The molecule has 21 heavy (non-hydrogen) atoms. The predicted octanol–water partition coefficient (Wildman–Crippen LogP) is 4.58. The summed E-state index contributed by atoms with van der Waals surface area (Å²) in [6, 6.07) is 10.3.